The first-order valence-electron chi connectivity index (χ1n) is 7.59. The molecule has 2 heterocycles. The molecule has 0 saturated heterocycles. The second-order valence-electron chi connectivity index (χ2n) is 5.62. The molecule has 1 aromatic carbocycles. The Morgan fingerprint density at radius 2 is 2.14 bits per heavy atom. The zero-order valence-corrected chi connectivity index (χ0v) is 12.6. The quantitative estimate of drug-likeness (QED) is 0.732. The minimum atomic E-state index is 0.0525. The van der Waals surface area contributed by atoms with E-state index < -0.39 is 0 Å². The molecule has 2 N–H and O–H groups in total. The number of aryl methyl sites for hydroxylation is 1. The molecule has 1 atom stereocenters. The number of para-hydroxylation sites is 1. The lowest BCUT2D eigenvalue weighted by molar-refractivity contribution is -0.121. The summed E-state index contributed by atoms with van der Waals surface area (Å²) in [6.45, 7) is 2.02. The molecule has 4 heteroatoms. The molecule has 0 aliphatic rings. The maximum absolute atomic E-state index is 12.2. The van der Waals surface area contributed by atoms with Crippen molar-refractivity contribution in [2.45, 2.75) is 32.2 Å². The third kappa shape index (κ3) is 3.39. The van der Waals surface area contributed by atoms with Crippen LogP contribution in [0.5, 0.6) is 0 Å². The summed E-state index contributed by atoms with van der Waals surface area (Å²) in [7, 11) is 0. The lowest BCUT2D eigenvalue weighted by Gasteiger charge is -2.13. The van der Waals surface area contributed by atoms with Crippen LogP contribution in [0.1, 0.15) is 24.7 Å². The Morgan fingerprint density at radius 1 is 1.27 bits per heavy atom. The van der Waals surface area contributed by atoms with Gasteiger partial charge in [-0.1, -0.05) is 18.2 Å². The van der Waals surface area contributed by atoms with Crippen LogP contribution >= 0.6 is 0 Å². The normalized spacial score (nSPS) is 12.4. The summed E-state index contributed by atoms with van der Waals surface area (Å²) >= 11 is 0. The lowest BCUT2D eigenvalue weighted by atomic mass is 10.1. The molecule has 3 aromatic rings. The molecule has 0 aliphatic carbocycles. The summed E-state index contributed by atoms with van der Waals surface area (Å²) in [6.07, 6.45) is 5.69. The number of amides is 1. The zero-order valence-electron chi connectivity index (χ0n) is 12.6. The first kappa shape index (κ1) is 14.4. The summed E-state index contributed by atoms with van der Waals surface area (Å²) in [5, 5.41) is 4.16. The molecule has 114 valence electrons. The smallest absolute Gasteiger partial charge is 0.224 e. The van der Waals surface area contributed by atoms with Gasteiger partial charge in [-0.3, -0.25) is 4.79 Å². The van der Waals surface area contributed by atoms with E-state index in [9.17, 15) is 4.79 Å². The minimum absolute atomic E-state index is 0.0525. The van der Waals surface area contributed by atoms with E-state index in [1.165, 1.54) is 0 Å². The van der Waals surface area contributed by atoms with Crippen molar-refractivity contribution in [3.05, 3.63) is 60.2 Å². The van der Waals surface area contributed by atoms with E-state index in [1.807, 2.05) is 49.5 Å². The van der Waals surface area contributed by atoms with Crippen molar-refractivity contribution in [3.8, 4) is 0 Å². The van der Waals surface area contributed by atoms with Crippen LogP contribution in [0.3, 0.4) is 0 Å². The molecule has 0 aliphatic heterocycles. The first-order chi connectivity index (χ1) is 10.7. The Morgan fingerprint density at radius 3 is 2.95 bits per heavy atom. The molecule has 0 saturated carbocycles. The molecule has 0 unspecified atom stereocenters. The van der Waals surface area contributed by atoms with Crippen molar-refractivity contribution in [2.24, 2.45) is 0 Å². The highest BCUT2D eigenvalue weighted by Crippen LogP contribution is 2.18. The van der Waals surface area contributed by atoms with Crippen LogP contribution < -0.4 is 5.32 Å². The van der Waals surface area contributed by atoms with E-state index in [-0.39, 0.29) is 11.9 Å². The molecule has 0 spiro atoms. The Kier molecular flexibility index (Phi) is 4.28. The number of aromatic amines is 1. The molecular formula is C18H20N2O2. The number of benzene rings is 1. The van der Waals surface area contributed by atoms with Gasteiger partial charge < -0.3 is 14.7 Å². The van der Waals surface area contributed by atoms with Crippen molar-refractivity contribution in [3.63, 3.8) is 0 Å². The van der Waals surface area contributed by atoms with Crippen molar-refractivity contribution in [2.75, 3.05) is 0 Å². The van der Waals surface area contributed by atoms with Gasteiger partial charge in [0.05, 0.1) is 12.7 Å². The first-order valence-corrected chi connectivity index (χ1v) is 7.59. The monoisotopic (exact) mass is 296 g/mol. The van der Waals surface area contributed by atoms with E-state index in [0.717, 1.165) is 35.1 Å². The minimum Gasteiger partial charge on any atom is -0.469 e. The maximum atomic E-state index is 12.2. The van der Waals surface area contributed by atoms with E-state index in [1.54, 1.807) is 6.26 Å². The van der Waals surface area contributed by atoms with Crippen molar-refractivity contribution in [1.29, 1.82) is 0 Å². The van der Waals surface area contributed by atoms with Crippen LogP contribution in [0.4, 0.5) is 0 Å². The van der Waals surface area contributed by atoms with Gasteiger partial charge in [-0.25, -0.2) is 0 Å². The molecule has 0 radical (unpaired) electrons. The number of H-pyrrole nitrogens is 1. The molecule has 3 rings (SSSR count). The van der Waals surface area contributed by atoms with Gasteiger partial charge in [0.2, 0.25) is 5.91 Å². The van der Waals surface area contributed by atoms with Crippen LogP contribution in [0.2, 0.25) is 0 Å². The van der Waals surface area contributed by atoms with E-state index >= 15 is 0 Å². The Labute approximate surface area is 129 Å². The average Bonchev–Trinajstić information content (AvgIpc) is 3.15. The molecule has 4 nitrogen and oxygen atoms in total. The number of fused-ring (bicyclic) bond motifs is 1. The number of hydrogen-bond donors (Lipinski definition) is 2. The number of hydrogen-bond acceptors (Lipinski definition) is 2. The highest BCUT2D eigenvalue weighted by Gasteiger charge is 2.11. The fourth-order valence-corrected chi connectivity index (χ4v) is 2.66. The van der Waals surface area contributed by atoms with Gasteiger partial charge in [0, 0.05) is 29.6 Å². The van der Waals surface area contributed by atoms with Crippen LogP contribution in [-0.2, 0) is 17.6 Å². The molecule has 0 fully saturated rings. The predicted octanol–water partition coefficient (Wildman–Crippen LogP) is 3.44. The number of carbonyl (C=O) groups is 1. The summed E-state index contributed by atoms with van der Waals surface area (Å²) in [4.78, 5) is 15.4. The summed E-state index contributed by atoms with van der Waals surface area (Å²) < 4.78 is 5.31. The van der Waals surface area contributed by atoms with Crippen LogP contribution in [-0.4, -0.2) is 16.9 Å². The summed E-state index contributed by atoms with van der Waals surface area (Å²) in [5.74, 6) is 1.01. The number of nitrogens with one attached hydrogen (secondary N) is 2. The fourth-order valence-electron chi connectivity index (χ4n) is 2.66. The Hall–Kier alpha value is -2.49. The zero-order chi connectivity index (χ0) is 15.4. The van der Waals surface area contributed by atoms with Crippen LogP contribution in [0.25, 0.3) is 10.9 Å². The van der Waals surface area contributed by atoms with E-state index in [2.05, 4.69) is 10.3 Å². The average molecular weight is 296 g/mol. The maximum Gasteiger partial charge on any atom is 0.224 e. The van der Waals surface area contributed by atoms with Gasteiger partial charge in [-0.2, -0.15) is 0 Å². The van der Waals surface area contributed by atoms with Gasteiger partial charge >= 0.3 is 0 Å². The number of furan rings is 1. The van der Waals surface area contributed by atoms with Crippen molar-refractivity contribution in [1.82, 2.24) is 10.3 Å². The summed E-state index contributed by atoms with van der Waals surface area (Å²) in [6, 6.07) is 12.0. The largest absolute Gasteiger partial charge is 0.469 e. The highest BCUT2D eigenvalue weighted by atomic mass is 16.3. The molecule has 1 amide bonds. The SMILES string of the molecule is C[C@H](CCc1ccco1)NC(=O)Cc1c[nH]c2ccccc12. The third-order valence-corrected chi connectivity index (χ3v) is 3.84. The molecule has 2 aromatic heterocycles. The number of rotatable bonds is 6. The summed E-state index contributed by atoms with van der Waals surface area (Å²) in [5.41, 5.74) is 2.10. The van der Waals surface area contributed by atoms with Gasteiger partial charge in [-0.05, 0) is 37.1 Å². The van der Waals surface area contributed by atoms with Gasteiger partial charge in [0.25, 0.3) is 0 Å². The fraction of sp³-hybridized carbons (Fsp3) is 0.278. The van der Waals surface area contributed by atoms with Gasteiger partial charge in [0.15, 0.2) is 0 Å². The van der Waals surface area contributed by atoms with Crippen molar-refractivity contribution >= 4 is 16.8 Å². The van der Waals surface area contributed by atoms with Crippen LogP contribution in [0.15, 0.2) is 53.3 Å². The highest BCUT2D eigenvalue weighted by molar-refractivity contribution is 5.88. The molecular weight excluding hydrogens is 276 g/mol. The second-order valence-corrected chi connectivity index (χ2v) is 5.62. The lowest BCUT2D eigenvalue weighted by Crippen LogP contribution is -2.33. The molecule has 0 bridgehead atoms. The Balaban J connectivity index is 1.53. The second kappa shape index (κ2) is 6.52. The topological polar surface area (TPSA) is 58.0 Å². The number of aromatic nitrogens is 1. The predicted molar refractivity (Wildman–Crippen MR) is 86.6 cm³/mol. The molecule has 22 heavy (non-hydrogen) atoms. The van der Waals surface area contributed by atoms with Gasteiger partial charge in [-0.15, -0.1) is 0 Å². The number of carbonyl (C=O) groups excluding carboxylic acids is 1. The third-order valence-electron chi connectivity index (χ3n) is 3.84. The standard InChI is InChI=1S/C18H20N2O2/c1-13(8-9-15-5-4-10-22-15)20-18(21)11-14-12-19-17-7-3-2-6-16(14)17/h2-7,10,12-13,19H,8-9,11H2,1H3,(H,20,21)/t13-/m1/s1. The Bertz CT molecular complexity index is 743. The van der Waals surface area contributed by atoms with E-state index in [4.69, 9.17) is 4.42 Å². The van der Waals surface area contributed by atoms with Crippen molar-refractivity contribution < 1.29 is 9.21 Å². The van der Waals surface area contributed by atoms with Crippen LogP contribution in [0, 0.1) is 0 Å². The van der Waals surface area contributed by atoms with Gasteiger partial charge in [0.1, 0.15) is 5.76 Å². The van der Waals surface area contributed by atoms with E-state index in [0.29, 0.717) is 6.42 Å².